The predicted molar refractivity (Wildman–Crippen MR) is 168 cm³/mol. The lowest BCUT2D eigenvalue weighted by atomic mass is 10.0. The smallest absolute Gasteiger partial charge is 0.407 e. The molecule has 3 N–H and O–H groups in total. The van der Waals surface area contributed by atoms with Gasteiger partial charge in [-0.05, 0) is 49.7 Å². The van der Waals surface area contributed by atoms with Crippen molar-refractivity contribution in [3.63, 3.8) is 0 Å². The third kappa shape index (κ3) is 7.06. The van der Waals surface area contributed by atoms with Crippen LogP contribution in [0.3, 0.4) is 0 Å². The van der Waals surface area contributed by atoms with Crippen molar-refractivity contribution in [3.8, 4) is 22.9 Å². The number of benzene rings is 2. The average molecular weight is 666 g/mol. The molecule has 1 saturated heterocycles. The average Bonchev–Trinajstić information content (AvgIpc) is 3.43. The molecule has 1 aliphatic rings. The number of sulfonamides is 1. The van der Waals surface area contributed by atoms with Crippen LogP contribution in [0.25, 0.3) is 22.0 Å². The van der Waals surface area contributed by atoms with E-state index in [1.165, 1.54) is 24.5 Å². The fourth-order valence-electron chi connectivity index (χ4n) is 5.39. The van der Waals surface area contributed by atoms with Gasteiger partial charge in [-0.2, -0.15) is 0 Å². The van der Waals surface area contributed by atoms with Crippen molar-refractivity contribution in [3.05, 3.63) is 83.8 Å². The number of fused-ring (bicyclic) bond motifs is 1. The van der Waals surface area contributed by atoms with E-state index in [0.29, 0.717) is 33.7 Å². The lowest BCUT2D eigenvalue weighted by Gasteiger charge is -2.33. The molecule has 0 aliphatic carbocycles. The van der Waals surface area contributed by atoms with Gasteiger partial charge in [0, 0.05) is 48.2 Å². The van der Waals surface area contributed by atoms with Crippen LogP contribution in [0.15, 0.2) is 65.4 Å². The number of hydrogen-bond donors (Lipinski definition) is 3. The van der Waals surface area contributed by atoms with Gasteiger partial charge in [-0.3, -0.25) is 4.72 Å². The zero-order valence-corrected chi connectivity index (χ0v) is 26.0. The van der Waals surface area contributed by atoms with Crippen molar-refractivity contribution in [2.24, 2.45) is 0 Å². The lowest BCUT2D eigenvalue weighted by Crippen LogP contribution is -2.49. The Morgan fingerprint density at radius 1 is 1.11 bits per heavy atom. The maximum atomic E-state index is 15.1. The Kier molecular flexibility index (Phi) is 8.60. The van der Waals surface area contributed by atoms with Crippen LogP contribution in [0.2, 0.25) is 0 Å². The maximum absolute atomic E-state index is 15.1. The summed E-state index contributed by atoms with van der Waals surface area (Å²) in [5.74, 6) is -0.230. The van der Waals surface area contributed by atoms with E-state index in [4.69, 9.17) is 9.26 Å². The highest BCUT2D eigenvalue weighted by molar-refractivity contribution is 7.91. The minimum Gasteiger partial charge on any atom is -0.465 e. The van der Waals surface area contributed by atoms with Gasteiger partial charge in [0.05, 0.1) is 23.5 Å². The minimum absolute atomic E-state index is 0.0730. The molecule has 5 aromatic rings. The molecular weight excluding hydrogens is 636 g/mol. The van der Waals surface area contributed by atoms with Gasteiger partial charge in [0.1, 0.15) is 34.9 Å². The number of alkyl halides is 1. The van der Waals surface area contributed by atoms with E-state index in [2.05, 4.69) is 30.1 Å². The van der Waals surface area contributed by atoms with Gasteiger partial charge in [-0.25, -0.2) is 36.9 Å². The Balaban J connectivity index is 1.30. The highest BCUT2D eigenvalue weighted by Crippen LogP contribution is 2.40. The van der Waals surface area contributed by atoms with Crippen LogP contribution in [0.1, 0.15) is 23.4 Å². The summed E-state index contributed by atoms with van der Waals surface area (Å²) < 4.78 is 69.0. The minimum atomic E-state index is -4.08. The number of nitrogens with one attached hydrogen (secondary N) is 2. The fourth-order valence-corrected chi connectivity index (χ4v) is 6.51. The number of carboxylic acid groups (broad SMARTS) is 1. The molecule has 0 bridgehead atoms. The number of aromatic nitrogens is 4. The van der Waals surface area contributed by atoms with Gasteiger partial charge in [-0.1, -0.05) is 17.3 Å². The molecule has 13 nitrogen and oxygen atoms in total. The molecule has 6 rings (SSSR count). The molecule has 0 saturated carbocycles. The number of nitrogens with zero attached hydrogens (tertiary/aromatic N) is 5. The Bertz CT molecular complexity index is 2080. The molecule has 0 radical (unpaired) electrons. The highest BCUT2D eigenvalue weighted by Gasteiger charge is 2.30. The van der Waals surface area contributed by atoms with E-state index in [0.717, 1.165) is 11.0 Å². The number of piperidine rings is 1. The molecule has 244 valence electrons. The molecule has 0 spiro atoms. The second-order valence-electron chi connectivity index (χ2n) is 11.1. The van der Waals surface area contributed by atoms with Gasteiger partial charge in [0.15, 0.2) is 0 Å². The van der Waals surface area contributed by atoms with Crippen LogP contribution in [0, 0.1) is 19.7 Å². The zero-order chi connectivity index (χ0) is 33.3. The summed E-state index contributed by atoms with van der Waals surface area (Å²) in [5.41, 5.74) is 1.47. The first-order valence-electron chi connectivity index (χ1n) is 14.4. The predicted octanol–water partition coefficient (Wildman–Crippen LogP) is 5.67. The van der Waals surface area contributed by atoms with Crippen molar-refractivity contribution < 1.29 is 36.4 Å². The van der Waals surface area contributed by atoms with Gasteiger partial charge in [-0.15, -0.1) is 0 Å². The number of carbonyl (C=O) groups is 1. The summed E-state index contributed by atoms with van der Waals surface area (Å²) in [6.07, 6.45) is 0.580. The van der Waals surface area contributed by atoms with Gasteiger partial charge in [0.2, 0.25) is 21.9 Å². The van der Waals surface area contributed by atoms with E-state index >= 15 is 4.39 Å². The Labute approximate surface area is 267 Å². The molecule has 1 amide bonds. The van der Waals surface area contributed by atoms with Crippen LogP contribution in [0.5, 0.6) is 11.6 Å². The number of rotatable bonds is 9. The molecule has 3 aromatic heterocycles. The summed E-state index contributed by atoms with van der Waals surface area (Å²) in [5, 5.41) is 16.7. The van der Waals surface area contributed by atoms with E-state index in [1.807, 2.05) is 0 Å². The number of aryl methyl sites for hydroxylation is 2. The standard InChI is InChI=1S/C31H29F2N7O6S/c1-17-5-6-22-23(7-8-25(33)27(22)39-47(43,44)16-21-12-18(2)46-38-21)28(17)45-29-24(4-3-10-34-29)26-9-11-35-30(37-26)36-20-13-19(32)14-40(15-20)31(41)42/h3-12,19-20,39H,13-16H2,1-2H3,(H,41,42)(H,35,36,37)/t19-,20-/m0/s1. The number of amides is 1. The zero-order valence-electron chi connectivity index (χ0n) is 25.1. The summed E-state index contributed by atoms with van der Waals surface area (Å²) in [6.45, 7) is 3.30. The molecule has 2 aromatic carbocycles. The van der Waals surface area contributed by atoms with Crippen LogP contribution in [-0.4, -0.2) is 69.9 Å². The number of pyridine rings is 1. The number of likely N-dealkylation sites (tertiary alicyclic amines) is 1. The molecule has 47 heavy (non-hydrogen) atoms. The second-order valence-corrected chi connectivity index (χ2v) is 12.8. The van der Waals surface area contributed by atoms with Gasteiger partial charge in [0.25, 0.3) is 0 Å². The van der Waals surface area contributed by atoms with Crippen LogP contribution in [0.4, 0.5) is 25.2 Å². The maximum Gasteiger partial charge on any atom is 0.407 e. The van der Waals surface area contributed by atoms with Crippen LogP contribution in [-0.2, 0) is 15.8 Å². The Hall–Kier alpha value is -5.38. The first kappa shape index (κ1) is 31.6. The molecule has 1 fully saturated rings. The SMILES string of the molecule is Cc1cc(CS(=O)(=O)Nc2c(F)ccc3c(Oc4ncccc4-c4ccnc(N[C@H]5C[C@H](F)CN(C(=O)O)C5)n4)c(C)ccc23)no1. The fraction of sp³-hybridized carbons (Fsp3) is 0.258. The summed E-state index contributed by atoms with van der Waals surface area (Å²) >= 11 is 0. The van der Waals surface area contributed by atoms with Crippen molar-refractivity contribution in [1.82, 2.24) is 25.0 Å². The summed E-state index contributed by atoms with van der Waals surface area (Å²) in [7, 11) is -4.08. The van der Waals surface area contributed by atoms with Gasteiger partial charge < -0.3 is 24.6 Å². The third-order valence-corrected chi connectivity index (χ3v) is 8.67. The van der Waals surface area contributed by atoms with Crippen molar-refractivity contribution in [2.45, 2.75) is 38.2 Å². The monoisotopic (exact) mass is 665 g/mol. The Morgan fingerprint density at radius 2 is 1.91 bits per heavy atom. The van der Waals surface area contributed by atoms with Crippen LogP contribution >= 0.6 is 0 Å². The normalized spacial score (nSPS) is 16.6. The highest BCUT2D eigenvalue weighted by atomic mass is 32.2. The number of anilines is 2. The van der Waals surface area contributed by atoms with E-state index < -0.39 is 39.9 Å². The van der Waals surface area contributed by atoms with E-state index in [1.54, 1.807) is 44.2 Å². The van der Waals surface area contributed by atoms with Crippen molar-refractivity contribution in [2.75, 3.05) is 23.1 Å². The topological polar surface area (TPSA) is 173 Å². The van der Waals surface area contributed by atoms with Crippen molar-refractivity contribution in [1.29, 1.82) is 0 Å². The quantitative estimate of drug-likeness (QED) is 0.177. The molecule has 1 aliphatic heterocycles. The number of hydrogen-bond acceptors (Lipinski definition) is 10. The Morgan fingerprint density at radius 3 is 2.68 bits per heavy atom. The summed E-state index contributed by atoms with van der Waals surface area (Å²) in [6, 6.07) is 11.9. The van der Waals surface area contributed by atoms with Gasteiger partial charge >= 0.3 is 6.09 Å². The molecule has 2 atom stereocenters. The largest absolute Gasteiger partial charge is 0.465 e. The first-order chi connectivity index (χ1) is 22.5. The summed E-state index contributed by atoms with van der Waals surface area (Å²) in [4.78, 5) is 25.6. The van der Waals surface area contributed by atoms with E-state index in [-0.39, 0.29) is 48.1 Å². The van der Waals surface area contributed by atoms with Crippen LogP contribution < -0.4 is 14.8 Å². The number of ether oxygens (including phenoxy) is 1. The second kappa shape index (κ2) is 12.8. The third-order valence-electron chi connectivity index (χ3n) is 7.47. The molecule has 4 heterocycles. The molecule has 16 heteroatoms. The molecule has 0 unspecified atom stereocenters. The number of halogens is 2. The lowest BCUT2D eigenvalue weighted by molar-refractivity contribution is 0.102. The van der Waals surface area contributed by atoms with Crippen molar-refractivity contribution >= 4 is 38.5 Å². The first-order valence-corrected chi connectivity index (χ1v) is 16.1. The van der Waals surface area contributed by atoms with E-state index in [9.17, 15) is 22.7 Å². The molecular formula is C31H29F2N7O6S.